The minimum absolute atomic E-state index is 0.214. The molecule has 2 nitrogen and oxygen atoms in total. The van der Waals surface area contributed by atoms with Crippen LogP contribution in [0.25, 0.3) is 0 Å². The Morgan fingerprint density at radius 1 is 1.15 bits per heavy atom. The van der Waals surface area contributed by atoms with Crippen LogP contribution in [0.5, 0.6) is 0 Å². The Morgan fingerprint density at radius 3 is 2.35 bits per heavy atom. The van der Waals surface area contributed by atoms with Gasteiger partial charge in [0, 0.05) is 24.2 Å². The van der Waals surface area contributed by atoms with E-state index in [1.54, 1.807) is 12.1 Å². The van der Waals surface area contributed by atoms with Gasteiger partial charge in [0.15, 0.2) is 11.6 Å². The number of nitrogens with zero attached hydrogens (tertiary/aromatic N) is 1. The van der Waals surface area contributed by atoms with Crippen LogP contribution in [0.4, 0.5) is 8.78 Å². The molecule has 0 aliphatic carbocycles. The van der Waals surface area contributed by atoms with Crippen molar-refractivity contribution < 1.29 is 8.78 Å². The maximum atomic E-state index is 13.8. The van der Waals surface area contributed by atoms with E-state index in [1.807, 2.05) is 21.0 Å². The molecule has 0 spiro atoms. The van der Waals surface area contributed by atoms with Crippen LogP contribution in [0.3, 0.4) is 0 Å². The van der Waals surface area contributed by atoms with E-state index < -0.39 is 11.6 Å². The number of likely N-dealkylation sites (N-methyl/N-ethyl adjacent to an activating group) is 1. The molecular formula is C16H26F2N2. The summed E-state index contributed by atoms with van der Waals surface area (Å²) in [6.45, 7) is 7.08. The molecule has 1 rings (SSSR count). The lowest BCUT2D eigenvalue weighted by Gasteiger charge is -2.27. The van der Waals surface area contributed by atoms with E-state index in [0.717, 1.165) is 19.0 Å². The van der Waals surface area contributed by atoms with Crippen LogP contribution in [-0.2, 0) is 0 Å². The lowest BCUT2D eigenvalue weighted by molar-refractivity contribution is 0.288. The maximum absolute atomic E-state index is 13.8. The van der Waals surface area contributed by atoms with Gasteiger partial charge in [-0.15, -0.1) is 0 Å². The zero-order chi connectivity index (χ0) is 15.3. The Morgan fingerprint density at radius 2 is 1.80 bits per heavy atom. The molecule has 1 aromatic carbocycles. The molecule has 0 aliphatic rings. The van der Waals surface area contributed by atoms with Crippen molar-refractivity contribution in [1.82, 2.24) is 10.2 Å². The van der Waals surface area contributed by atoms with Gasteiger partial charge in [-0.1, -0.05) is 26.0 Å². The van der Waals surface area contributed by atoms with Crippen molar-refractivity contribution >= 4 is 0 Å². The first-order valence-electron chi connectivity index (χ1n) is 7.16. The molecule has 4 heteroatoms. The van der Waals surface area contributed by atoms with E-state index in [9.17, 15) is 8.78 Å². The first-order valence-corrected chi connectivity index (χ1v) is 7.16. The van der Waals surface area contributed by atoms with E-state index in [-0.39, 0.29) is 12.1 Å². The molecule has 114 valence electrons. The summed E-state index contributed by atoms with van der Waals surface area (Å²) in [4.78, 5) is 2.11. The Hall–Kier alpha value is -1.00. The predicted molar refractivity (Wildman–Crippen MR) is 79.7 cm³/mol. The first-order chi connectivity index (χ1) is 9.31. The summed E-state index contributed by atoms with van der Waals surface area (Å²) in [6.07, 6.45) is 0.999. The molecule has 0 amide bonds. The highest BCUT2D eigenvalue weighted by Crippen LogP contribution is 2.20. The fourth-order valence-corrected chi connectivity index (χ4v) is 2.50. The van der Waals surface area contributed by atoms with Crippen LogP contribution in [0.2, 0.25) is 0 Å². The second-order valence-corrected chi connectivity index (χ2v) is 6.12. The highest BCUT2D eigenvalue weighted by atomic mass is 19.2. The SMILES string of the molecule is CC(C)CC(CN(C)C)NC(C)c1cccc(F)c1F. The number of hydrogen-bond donors (Lipinski definition) is 1. The monoisotopic (exact) mass is 284 g/mol. The molecule has 0 aromatic heterocycles. The Bertz CT molecular complexity index is 409. The molecule has 1 aromatic rings. The van der Waals surface area contributed by atoms with E-state index in [2.05, 4.69) is 24.1 Å². The summed E-state index contributed by atoms with van der Waals surface area (Å²) < 4.78 is 27.1. The molecule has 2 atom stereocenters. The van der Waals surface area contributed by atoms with E-state index in [1.165, 1.54) is 0 Å². The molecule has 0 aliphatic heterocycles. The van der Waals surface area contributed by atoms with Crippen molar-refractivity contribution in [3.63, 3.8) is 0 Å². The van der Waals surface area contributed by atoms with Gasteiger partial charge < -0.3 is 10.2 Å². The minimum Gasteiger partial charge on any atom is -0.308 e. The summed E-state index contributed by atoms with van der Waals surface area (Å²) in [6, 6.07) is 4.38. The zero-order valence-electron chi connectivity index (χ0n) is 13.1. The minimum atomic E-state index is -0.788. The van der Waals surface area contributed by atoms with Gasteiger partial charge in [-0.25, -0.2) is 8.78 Å². The van der Waals surface area contributed by atoms with Gasteiger partial charge in [-0.3, -0.25) is 0 Å². The predicted octanol–water partition coefficient (Wildman–Crippen LogP) is 3.59. The van der Waals surface area contributed by atoms with Crippen LogP contribution < -0.4 is 5.32 Å². The molecular weight excluding hydrogens is 258 g/mol. The first kappa shape index (κ1) is 17.1. The number of nitrogens with one attached hydrogen (secondary N) is 1. The highest BCUT2D eigenvalue weighted by Gasteiger charge is 2.19. The van der Waals surface area contributed by atoms with Crippen molar-refractivity contribution in [2.45, 2.75) is 39.3 Å². The molecule has 0 saturated heterocycles. The van der Waals surface area contributed by atoms with Crippen LogP contribution >= 0.6 is 0 Å². The molecule has 0 radical (unpaired) electrons. The summed E-state index contributed by atoms with van der Waals surface area (Å²) in [5, 5.41) is 3.42. The summed E-state index contributed by atoms with van der Waals surface area (Å²) in [5.41, 5.74) is 0.387. The van der Waals surface area contributed by atoms with Crippen LogP contribution in [0.1, 0.15) is 38.8 Å². The van der Waals surface area contributed by atoms with Gasteiger partial charge in [0.2, 0.25) is 0 Å². The molecule has 1 N–H and O–H groups in total. The normalized spacial score (nSPS) is 14.8. The van der Waals surface area contributed by atoms with Crippen molar-refractivity contribution in [2.24, 2.45) is 5.92 Å². The second-order valence-electron chi connectivity index (χ2n) is 6.12. The van der Waals surface area contributed by atoms with Crippen LogP contribution in [0, 0.1) is 17.6 Å². The van der Waals surface area contributed by atoms with Crippen molar-refractivity contribution in [3.05, 3.63) is 35.4 Å². The Balaban J connectivity index is 2.78. The molecule has 2 unspecified atom stereocenters. The fraction of sp³-hybridized carbons (Fsp3) is 0.625. The third-order valence-electron chi connectivity index (χ3n) is 3.28. The van der Waals surface area contributed by atoms with Gasteiger partial charge in [0.1, 0.15) is 0 Å². The number of rotatable bonds is 7. The number of hydrogen-bond acceptors (Lipinski definition) is 2. The van der Waals surface area contributed by atoms with Gasteiger partial charge in [-0.05, 0) is 39.4 Å². The topological polar surface area (TPSA) is 15.3 Å². The summed E-state index contributed by atoms with van der Waals surface area (Å²) in [5.74, 6) is -0.984. The largest absolute Gasteiger partial charge is 0.308 e. The van der Waals surface area contributed by atoms with Crippen molar-refractivity contribution in [3.8, 4) is 0 Å². The van der Waals surface area contributed by atoms with Crippen LogP contribution in [-0.4, -0.2) is 31.6 Å². The molecule has 0 fully saturated rings. The van der Waals surface area contributed by atoms with Gasteiger partial charge >= 0.3 is 0 Å². The van der Waals surface area contributed by atoms with Gasteiger partial charge in [0.05, 0.1) is 0 Å². The smallest absolute Gasteiger partial charge is 0.163 e. The third kappa shape index (κ3) is 5.17. The zero-order valence-corrected chi connectivity index (χ0v) is 13.1. The number of halogens is 2. The maximum Gasteiger partial charge on any atom is 0.163 e. The van der Waals surface area contributed by atoms with E-state index in [0.29, 0.717) is 11.5 Å². The van der Waals surface area contributed by atoms with Crippen molar-refractivity contribution in [2.75, 3.05) is 20.6 Å². The van der Waals surface area contributed by atoms with E-state index in [4.69, 9.17) is 0 Å². The van der Waals surface area contributed by atoms with Gasteiger partial charge in [0.25, 0.3) is 0 Å². The Labute approximate surface area is 121 Å². The average Bonchev–Trinajstić information content (AvgIpc) is 2.30. The third-order valence-corrected chi connectivity index (χ3v) is 3.28. The summed E-state index contributed by atoms with van der Waals surface area (Å²) in [7, 11) is 4.03. The van der Waals surface area contributed by atoms with Gasteiger partial charge in [-0.2, -0.15) is 0 Å². The quantitative estimate of drug-likeness (QED) is 0.823. The molecule has 0 heterocycles. The Kier molecular flexibility index (Phi) is 6.56. The van der Waals surface area contributed by atoms with Crippen molar-refractivity contribution in [1.29, 1.82) is 0 Å². The molecule has 0 saturated carbocycles. The lowest BCUT2D eigenvalue weighted by atomic mass is 10.0. The molecule has 20 heavy (non-hydrogen) atoms. The van der Waals surface area contributed by atoms with E-state index >= 15 is 0 Å². The lowest BCUT2D eigenvalue weighted by Crippen LogP contribution is -2.40. The fourth-order valence-electron chi connectivity index (χ4n) is 2.50. The van der Waals surface area contributed by atoms with Crippen LogP contribution in [0.15, 0.2) is 18.2 Å². The number of benzene rings is 1. The average molecular weight is 284 g/mol. The standard InChI is InChI=1S/C16H26F2N2/c1-11(2)9-13(10-20(4)5)19-12(3)14-7-6-8-15(17)16(14)18/h6-8,11-13,19H,9-10H2,1-5H3. The molecule has 0 bridgehead atoms. The highest BCUT2D eigenvalue weighted by molar-refractivity contribution is 5.22. The summed E-state index contributed by atoms with van der Waals surface area (Å²) >= 11 is 0. The second kappa shape index (κ2) is 7.70.